The summed E-state index contributed by atoms with van der Waals surface area (Å²) in [5.41, 5.74) is 0. The minimum atomic E-state index is -0.133. The number of esters is 1. The number of carbonyl (C=O) groups is 1. The maximum absolute atomic E-state index is 10.8. The number of carbonyl (C=O) groups excluding carboxylic acids is 1. The summed E-state index contributed by atoms with van der Waals surface area (Å²) in [6.45, 7) is 3.85. The van der Waals surface area contributed by atoms with E-state index in [1.807, 2.05) is 0 Å². The third kappa shape index (κ3) is 9.00. The van der Waals surface area contributed by atoms with Crippen molar-refractivity contribution in [2.45, 2.75) is 25.8 Å². The lowest BCUT2D eigenvalue weighted by molar-refractivity contribution is -0.140. The van der Waals surface area contributed by atoms with Crippen LogP contribution in [0.4, 0.5) is 0 Å². The molecule has 5 heteroatoms. The van der Waals surface area contributed by atoms with E-state index in [4.69, 9.17) is 4.74 Å². The number of ether oxygens (including phenoxy) is 2. The monoisotopic (exact) mass is 249 g/mol. The molecule has 0 fully saturated rings. The Hall–Kier alpha value is -0.260. The molecule has 0 aliphatic heterocycles. The Morgan fingerprint density at radius 2 is 2.12 bits per heavy atom. The summed E-state index contributed by atoms with van der Waals surface area (Å²) < 4.78 is 9.65. The van der Waals surface area contributed by atoms with Crippen molar-refractivity contribution in [3.8, 4) is 0 Å². The molecule has 0 aromatic rings. The van der Waals surface area contributed by atoms with Gasteiger partial charge in [0.2, 0.25) is 0 Å². The van der Waals surface area contributed by atoms with Gasteiger partial charge in [-0.2, -0.15) is 11.8 Å². The average molecular weight is 249 g/mol. The molecule has 0 radical (unpaired) electrons. The second-order valence-corrected chi connectivity index (χ2v) is 4.68. The second-order valence-electron chi connectivity index (χ2n) is 3.45. The van der Waals surface area contributed by atoms with Crippen LogP contribution in [-0.4, -0.2) is 50.9 Å². The number of rotatable bonds is 10. The highest BCUT2D eigenvalue weighted by atomic mass is 32.2. The van der Waals surface area contributed by atoms with E-state index in [2.05, 4.69) is 17.0 Å². The van der Waals surface area contributed by atoms with Crippen LogP contribution >= 0.6 is 11.8 Å². The zero-order chi connectivity index (χ0) is 12.2. The zero-order valence-electron chi connectivity index (χ0n) is 10.5. The van der Waals surface area contributed by atoms with Crippen molar-refractivity contribution in [3.05, 3.63) is 0 Å². The van der Waals surface area contributed by atoms with Crippen LogP contribution in [0.5, 0.6) is 0 Å². The largest absolute Gasteiger partial charge is 0.469 e. The van der Waals surface area contributed by atoms with E-state index >= 15 is 0 Å². The minimum Gasteiger partial charge on any atom is -0.469 e. The quantitative estimate of drug-likeness (QED) is 0.467. The van der Waals surface area contributed by atoms with Gasteiger partial charge in [0, 0.05) is 31.2 Å². The summed E-state index contributed by atoms with van der Waals surface area (Å²) in [6.07, 6.45) is 1.57. The molecule has 0 saturated carbocycles. The van der Waals surface area contributed by atoms with Gasteiger partial charge in [0.05, 0.1) is 20.1 Å². The lowest BCUT2D eigenvalue weighted by Gasteiger charge is -2.15. The normalized spacial score (nSPS) is 12.4. The number of hydrogen-bond donors (Lipinski definition) is 1. The van der Waals surface area contributed by atoms with Crippen LogP contribution in [0.15, 0.2) is 0 Å². The van der Waals surface area contributed by atoms with Gasteiger partial charge in [-0.3, -0.25) is 4.79 Å². The third-order valence-corrected chi connectivity index (χ3v) is 3.20. The van der Waals surface area contributed by atoms with Gasteiger partial charge in [-0.1, -0.05) is 6.92 Å². The van der Waals surface area contributed by atoms with Crippen LogP contribution < -0.4 is 5.32 Å². The van der Waals surface area contributed by atoms with Gasteiger partial charge in [-0.05, 0) is 6.42 Å². The molecule has 0 bridgehead atoms. The molecule has 1 N–H and O–H groups in total. The number of hydrogen-bond acceptors (Lipinski definition) is 5. The molecule has 0 heterocycles. The molecule has 16 heavy (non-hydrogen) atoms. The van der Waals surface area contributed by atoms with E-state index in [0.29, 0.717) is 12.5 Å². The predicted octanol–water partition coefficient (Wildman–Crippen LogP) is 1.30. The molecular weight excluding hydrogens is 226 g/mol. The van der Waals surface area contributed by atoms with Gasteiger partial charge in [-0.15, -0.1) is 0 Å². The van der Waals surface area contributed by atoms with Crippen molar-refractivity contribution in [3.63, 3.8) is 0 Å². The molecule has 96 valence electrons. The van der Waals surface area contributed by atoms with Crippen molar-refractivity contribution in [1.82, 2.24) is 5.32 Å². The lowest BCUT2D eigenvalue weighted by atomic mass is 10.2. The Morgan fingerprint density at radius 3 is 2.69 bits per heavy atom. The SMILES string of the molecule is CCC(COC)NCCSCCC(=O)OC. The Labute approximate surface area is 102 Å². The van der Waals surface area contributed by atoms with E-state index in [0.717, 1.165) is 31.1 Å². The van der Waals surface area contributed by atoms with Gasteiger partial charge >= 0.3 is 5.97 Å². The lowest BCUT2D eigenvalue weighted by Crippen LogP contribution is -2.34. The zero-order valence-corrected chi connectivity index (χ0v) is 11.3. The first kappa shape index (κ1) is 15.7. The highest BCUT2D eigenvalue weighted by Crippen LogP contribution is 2.02. The maximum Gasteiger partial charge on any atom is 0.306 e. The Balaban J connectivity index is 3.28. The first-order valence-corrected chi connectivity index (χ1v) is 6.76. The van der Waals surface area contributed by atoms with Crippen molar-refractivity contribution in [1.29, 1.82) is 0 Å². The maximum atomic E-state index is 10.8. The molecule has 1 atom stereocenters. The molecule has 4 nitrogen and oxygen atoms in total. The Morgan fingerprint density at radius 1 is 1.38 bits per heavy atom. The summed E-state index contributed by atoms with van der Waals surface area (Å²) >= 11 is 1.76. The summed E-state index contributed by atoms with van der Waals surface area (Å²) in [5, 5.41) is 3.41. The van der Waals surface area contributed by atoms with E-state index in [-0.39, 0.29) is 5.97 Å². The fourth-order valence-electron chi connectivity index (χ4n) is 1.22. The van der Waals surface area contributed by atoms with Gasteiger partial charge < -0.3 is 14.8 Å². The molecule has 0 rings (SSSR count). The summed E-state index contributed by atoms with van der Waals surface area (Å²) in [5.74, 6) is 1.71. The summed E-state index contributed by atoms with van der Waals surface area (Å²) in [6, 6.07) is 0.436. The van der Waals surface area contributed by atoms with Crippen molar-refractivity contribution in [2.24, 2.45) is 0 Å². The second kappa shape index (κ2) is 11.2. The molecular formula is C11H23NO3S. The van der Waals surface area contributed by atoms with Gasteiger partial charge in [-0.25, -0.2) is 0 Å². The third-order valence-electron chi connectivity index (χ3n) is 2.22. The van der Waals surface area contributed by atoms with Crippen LogP contribution in [0.1, 0.15) is 19.8 Å². The topological polar surface area (TPSA) is 47.6 Å². The molecule has 0 amide bonds. The molecule has 0 saturated heterocycles. The molecule has 0 aliphatic rings. The molecule has 0 aliphatic carbocycles. The smallest absolute Gasteiger partial charge is 0.306 e. The van der Waals surface area contributed by atoms with Crippen LogP contribution in [-0.2, 0) is 14.3 Å². The fraction of sp³-hybridized carbons (Fsp3) is 0.909. The first-order valence-electron chi connectivity index (χ1n) is 5.61. The standard InChI is InChI=1S/C11H23NO3S/c1-4-10(9-14-2)12-6-8-16-7-5-11(13)15-3/h10,12H,4-9H2,1-3H3. The van der Waals surface area contributed by atoms with Gasteiger partial charge in [0.15, 0.2) is 0 Å². The highest BCUT2D eigenvalue weighted by molar-refractivity contribution is 7.99. The van der Waals surface area contributed by atoms with Crippen LogP contribution in [0.25, 0.3) is 0 Å². The molecule has 0 spiro atoms. The molecule has 0 aromatic heterocycles. The van der Waals surface area contributed by atoms with Crippen LogP contribution in [0, 0.1) is 0 Å². The van der Waals surface area contributed by atoms with E-state index in [1.54, 1.807) is 18.9 Å². The van der Waals surface area contributed by atoms with E-state index in [9.17, 15) is 4.79 Å². The summed E-state index contributed by atoms with van der Waals surface area (Å²) in [4.78, 5) is 10.8. The number of thioether (sulfide) groups is 1. The van der Waals surface area contributed by atoms with E-state index in [1.165, 1.54) is 7.11 Å². The number of methoxy groups -OCH3 is 2. The van der Waals surface area contributed by atoms with Crippen molar-refractivity contribution < 1.29 is 14.3 Å². The van der Waals surface area contributed by atoms with Crippen LogP contribution in [0.2, 0.25) is 0 Å². The van der Waals surface area contributed by atoms with Crippen molar-refractivity contribution in [2.75, 3.05) is 38.9 Å². The van der Waals surface area contributed by atoms with E-state index < -0.39 is 0 Å². The average Bonchev–Trinajstić information content (AvgIpc) is 2.31. The first-order chi connectivity index (χ1) is 7.74. The molecule has 1 unspecified atom stereocenters. The van der Waals surface area contributed by atoms with Gasteiger partial charge in [0.1, 0.15) is 0 Å². The number of nitrogens with one attached hydrogen (secondary N) is 1. The fourth-order valence-corrected chi connectivity index (χ4v) is 1.99. The minimum absolute atomic E-state index is 0.133. The Bertz CT molecular complexity index is 179. The summed E-state index contributed by atoms with van der Waals surface area (Å²) in [7, 11) is 3.14. The van der Waals surface area contributed by atoms with Gasteiger partial charge in [0.25, 0.3) is 0 Å². The highest BCUT2D eigenvalue weighted by Gasteiger charge is 2.04. The Kier molecular flexibility index (Phi) is 11.0. The molecule has 0 aromatic carbocycles. The van der Waals surface area contributed by atoms with Crippen LogP contribution in [0.3, 0.4) is 0 Å². The van der Waals surface area contributed by atoms with Crippen molar-refractivity contribution >= 4 is 17.7 Å². The predicted molar refractivity (Wildman–Crippen MR) is 67.9 cm³/mol.